The van der Waals surface area contributed by atoms with Gasteiger partial charge in [0, 0.05) is 17.8 Å². The molecule has 0 aliphatic carbocycles. The molecule has 164 valence electrons. The van der Waals surface area contributed by atoms with Crippen molar-refractivity contribution >= 4 is 40.2 Å². The SMILES string of the molecule is Cc1c(Oc2ccc(Cl)cc2)c2cccnc2n1Cc1ccc(Cl)c(O[C@@H](C)C(=O)O)c1. The van der Waals surface area contributed by atoms with E-state index in [0.29, 0.717) is 33.8 Å². The Labute approximate surface area is 194 Å². The Kier molecular flexibility index (Phi) is 6.26. The predicted octanol–water partition coefficient (Wildman–Crippen LogP) is 6.34. The summed E-state index contributed by atoms with van der Waals surface area (Å²) in [4.78, 5) is 15.7. The van der Waals surface area contributed by atoms with E-state index in [1.165, 1.54) is 6.92 Å². The number of pyridine rings is 1. The van der Waals surface area contributed by atoms with Crippen LogP contribution >= 0.6 is 23.2 Å². The molecule has 2 aromatic heterocycles. The summed E-state index contributed by atoms with van der Waals surface area (Å²) in [6.07, 6.45) is 0.716. The van der Waals surface area contributed by atoms with Crippen LogP contribution in [0.25, 0.3) is 11.0 Å². The zero-order valence-electron chi connectivity index (χ0n) is 17.4. The Bertz CT molecular complexity index is 1290. The third kappa shape index (κ3) is 4.52. The van der Waals surface area contributed by atoms with Gasteiger partial charge in [-0.25, -0.2) is 9.78 Å². The van der Waals surface area contributed by atoms with Gasteiger partial charge in [0.25, 0.3) is 0 Å². The summed E-state index contributed by atoms with van der Waals surface area (Å²) in [6, 6.07) is 16.3. The molecular weight excluding hydrogens is 451 g/mol. The highest BCUT2D eigenvalue weighted by atomic mass is 35.5. The summed E-state index contributed by atoms with van der Waals surface area (Å²) < 4.78 is 13.7. The fraction of sp³-hybridized carbons (Fsp3) is 0.167. The highest BCUT2D eigenvalue weighted by Crippen LogP contribution is 2.36. The van der Waals surface area contributed by atoms with Gasteiger partial charge in [-0.1, -0.05) is 29.3 Å². The molecule has 0 unspecified atom stereocenters. The fourth-order valence-electron chi connectivity index (χ4n) is 3.37. The number of hydrogen-bond donors (Lipinski definition) is 1. The first-order valence-electron chi connectivity index (χ1n) is 9.88. The maximum Gasteiger partial charge on any atom is 0.344 e. The quantitative estimate of drug-likeness (QED) is 0.340. The van der Waals surface area contributed by atoms with Gasteiger partial charge in [0.05, 0.1) is 16.1 Å². The molecular formula is C24H20Cl2N2O4. The smallest absolute Gasteiger partial charge is 0.344 e. The second kappa shape index (κ2) is 9.10. The maximum absolute atomic E-state index is 11.2. The Hall–Kier alpha value is -3.22. The van der Waals surface area contributed by atoms with Crippen molar-refractivity contribution in [3.8, 4) is 17.2 Å². The van der Waals surface area contributed by atoms with Gasteiger partial charge in [0.1, 0.15) is 17.1 Å². The number of hydrogen-bond acceptors (Lipinski definition) is 4. The van der Waals surface area contributed by atoms with Crippen LogP contribution in [0.15, 0.2) is 60.8 Å². The average molecular weight is 471 g/mol. The van der Waals surface area contributed by atoms with Crippen molar-refractivity contribution in [1.82, 2.24) is 9.55 Å². The van der Waals surface area contributed by atoms with Crippen LogP contribution in [-0.4, -0.2) is 26.7 Å². The van der Waals surface area contributed by atoms with Gasteiger partial charge in [0.2, 0.25) is 0 Å². The van der Waals surface area contributed by atoms with E-state index in [1.807, 2.05) is 41.8 Å². The number of nitrogens with zero attached hydrogens (tertiary/aromatic N) is 2. The monoisotopic (exact) mass is 470 g/mol. The molecule has 2 aromatic carbocycles. The molecule has 8 heteroatoms. The van der Waals surface area contributed by atoms with Crippen molar-refractivity contribution in [2.75, 3.05) is 0 Å². The van der Waals surface area contributed by atoms with Crippen molar-refractivity contribution in [2.24, 2.45) is 0 Å². The van der Waals surface area contributed by atoms with Crippen molar-refractivity contribution in [2.45, 2.75) is 26.5 Å². The molecule has 1 N–H and O–H groups in total. The molecule has 0 aliphatic heterocycles. The molecule has 0 radical (unpaired) electrons. The number of carbonyl (C=O) groups is 1. The molecule has 2 heterocycles. The van der Waals surface area contributed by atoms with E-state index in [9.17, 15) is 4.79 Å². The molecule has 4 aromatic rings. The highest BCUT2D eigenvalue weighted by Gasteiger charge is 2.19. The van der Waals surface area contributed by atoms with Crippen LogP contribution in [0.1, 0.15) is 18.2 Å². The fourth-order valence-corrected chi connectivity index (χ4v) is 3.66. The molecule has 0 aliphatic rings. The lowest BCUT2D eigenvalue weighted by Gasteiger charge is -2.14. The number of aromatic nitrogens is 2. The van der Waals surface area contributed by atoms with Gasteiger partial charge in [-0.3, -0.25) is 0 Å². The molecule has 6 nitrogen and oxygen atoms in total. The van der Waals surface area contributed by atoms with Crippen LogP contribution in [0.2, 0.25) is 10.0 Å². The topological polar surface area (TPSA) is 73.6 Å². The summed E-state index contributed by atoms with van der Waals surface area (Å²) in [6.45, 7) is 3.89. The van der Waals surface area contributed by atoms with Gasteiger partial charge in [-0.2, -0.15) is 0 Å². The molecule has 0 bridgehead atoms. The lowest BCUT2D eigenvalue weighted by molar-refractivity contribution is -0.144. The van der Waals surface area contributed by atoms with Crippen molar-refractivity contribution in [3.63, 3.8) is 0 Å². The number of carboxylic acid groups (broad SMARTS) is 1. The highest BCUT2D eigenvalue weighted by molar-refractivity contribution is 6.32. The second-order valence-corrected chi connectivity index (χ2v) is 8.14. The van der Waals surface area contributed by atoms with Gasteiger partial charge in [-0.15, -0.1) is 0 Å². The molecule has 32 heavy (non-hydrogen) atoms. The molecule has 4 rings (SSSR count). The molecule has 0 fully saturated rings. The standard InChI is InChI=1S/C24H20Cl2N2O4/c1-14-22(32-18-8-6-17(25)7-9-18)19-4-3-11-27-23(19)28(14)13-16-5-10-20(26)21(12-16)31-15(2)24(29)30/h3-12,15H,13H2,1-2H3,(H,29,30)/t15-/m0/s1. The lowest BCUT2D eigenvalue weighted by atomic mass is 10.2. The largest absolute Gasteiger partial charge is 0.479 e. The summed E-state index contributed by atoms with van der Waals surface area (Å²) in [5.74, 6) is 0.635. The summed E-state index contributed by atoms with van der Waals surface area (Å²) in [7, 11) is 0. The first-order chi connectivity index (χ1) is 15.3. The molecule has 0 amide bonds. The van der Waals surface area contributed by atoms with Crippen LogP contribution in [-0.2, 0) is 11.3 Å². The zero-order chi connectivity index (χ0) is 22.8. The van der Waals surface area contributed by atoms with E-state index in [0.717, 1.165) is 22.3 Å². The minimum atomic E-state index is -1.06. The van der Waals surface area contributed by atoms with Crippen molar-refractivity contribution in [1.29, 1.82) is 0 Å². The van der Waals surface area contributed by atoms with Crippen molar-refractivity contribution in [3.05, 3.63) is 82.1 Å². The number of rotatable bonds is 7. The van der Waals surface area contributed by atoms with Crippen LogP contribution in [0.4, 0.5) is 0 Å². The van der Waals surface area contributed by atoms with Gasteiger partial charge in [0.15, 0.2) is 11.9 Å². The average Bonchev–Trinajstić information content (AvgIpc) is 3.03. The first kappa shape index (κ1) is 22.0. The maximum atomic E-state index is 11.2. The molecule has 0 saturated heterocycles. The third-order valence-electron chi connectivity index (χ3n) is 5.04. The van der Waals surface area contributed by atoms with Gasteiger partial charge >= 0.3 is 5.97 Å². The second-order valence-electron chi connectivity index (χ2n) is 7.29. The zero-order valence-corrected chi connectivity index (χ0v) is 18.9. The van der Waals surface area contributed by atoms with Crippen LogP contribution < -0.4 is 9.47 Å². The number of aliphatic carboxylic acids is 1. The first-order valence-corrected chi connectivity index (χ1v) is 10.6. The predicted molar refractivity (Wildman–Crippen MR) is 124 cm³/mol. The number of benzene rings is 2. The van der Waals surface area contributed by atoms with E-state index in [-0.39, 0.29) is 0 Å². The van der Waals surface area contributed by atoms with E-state index in [1.54, 1.807) is 30.5 Å². The summed E-state index contributed by atoms with van der Waals surface area (Å²) in [5.41, 5.74) is 2.54. The molecule has 0 spiro atoms. The van der Waals surface area contributed by atoms with Gasteiger partial charge < -0.3 is 19.1 Å². The Balaban J connectivity index is 1.70. The summed E-state index contributed by atoms with van der Waals surface area (Å²) in [5, 5.41) is 11.0. The third-order valence-corrected chi connectivity index (χ3v) is 5.61. The molecule has 0 saturated carbocycles. The lowest BCUT2D eigenvalue weighted by Crippen LogP contribution is -2.23. The summed E-state index contributed by atoms with van der Waals surface area (Å²) >= 11 is 12.2. The number of fused-ring (bicyclic) bond motifs is 1. The Morgan fingerprint density at radius 2 is 1.91 bits per heavy atom. The van der Waals surface area contributed by atoms with Crippen molar-refractivity contribution < 1.29 is 19.4 Å². The van der Waals surface area contributed by atoms with Crippen LogP contribution in [0.3, 0.4) is 0 Å². The van der Waals surface area contributed by atoms with E-state index in [2.05, 4.69) is 4.98 Å². The number of carboxylic acids is 1. The minimum absolute atomic E-state index is 0.318. The Morgan fingerprint density at radius 1 is 1.16 bits per heavy atom. The van der Waals surface area contributed by atoms with E-state index < -0.39 is 12.1 Å². The van der Waals surface area contributed by atoms with E-state index in [4.69, 9.17) is 37.8 Å². The van der Waals surface area contributed by atoms with Gasteiger partial charge in [-0.05, 0) is 67.9 Å². The molecule has 1 atom stereocenters. The van der Waals surface area contributed by atoms with E-state index >= 15 is 0 Å². The minimum Gasteiger partial charge on any atom is -0.479 e. The normalized spacial score (nSPS) is 12.0. The number of halogens is 2. The Morgan fingerprint density at radius 3 is 2.62 bits per heavy atom. The number of ether oxygens (including phenoxy) is 2. The van der Waals surface area contributed by atoms with Crippen LogP contribution in [0, 0.1) is 6.92 Å². The van der Waals surface area contributed by atoms with Crippen LogP contribution in [0.5, 0.6) is 17.2 Å².